The number of hydrogen-bond donors (Lipinski definition) is 2. The second-order valence-corrected chi connectivity index (χ2v) is 7.21. The first kappa shape index (κ1) is 21.1. The summed E-state index contributed by atoms with van der Waals surface area (Å²) in [7, 11) is 0. The zero-order chi connectivity index (χ0) is 19.1. The molecule has 0 aromatic heterocycles. The predicted octanol–water partition coefficient (Wildman–Crippen LogP) is 3.90. The van der Waals surface area contributed by atoms with Crippen molar-refractivity contribution in [2.75, 3.05) is 23.4 Å². The molecule has 0 aliphatic rings. The fraction of sp³-hybridized carbons (Fsp3) is 0.500. The summed E-state index contributed by atoms with van der Waals surface area (Å²) >= 11 is 1.25. The van der Waals surface area contributed by atoms with E-state index in [1.54, 1.807) is 20.8 Å². The largest absolute Gasteiger partial charge is 0.444 e. The molecule has 0 bridgehead atoms. The van der Waals surface area contributed by atoms with Gasteiger partial charge in [-0.1, -0.05) is 6.07 Å². The van der Waals surface area contributed by atoms with Gasteiger partial charge in [0.1, 0.15) is 5.60 Å². The number of ether oxygens (including phenoxy) is 1. The molecule has 0 saturated carbocycles. The summed E-state index contributed by atoms with van der Waals surface area (Å²) in [6.07, 6.45) is -5.00. The number of amides is 2. The van der Waals surface area contributed by atoms with E-state index in [0.717, 1.165) is 12.1 Å². The molecule has 2 amide bonds. The van der Waals surface area contributed by atoms with Gasteiger partial charge >= 0.3 is 12.3 Å². The van der Waals surface area contributed by atoms with Gasteiger partial charge in [-0.25, -0.2) is 4.79 Å². The maximum absolute atomic E-state index is 12.6. The fourth-order valence-electron chi connectivity index (χ4n) is 1.67. The molecule has 1 aromatic rings. The molecule has 0 heterocycles. The van der Waals surface area contributed by atoms with E-state index in [0.29, 0.717) is 12.3 Å². The number of alkyl halides is 3. The molecule has 0 radical (unpaired) electrons. The summed E-state index contributed by atoms with van der Waals surface area (Å²) in [6.45, 7) is 5.56. The van der Waals surface area contributed by atoms with Crippen molar-refractivity contribution in [1.29, 1.82) is 0 Å². The number of thioether (sulfide) groups is 1. The third-order valence-electron chi connectivity index (χ3n) is 2.62. The average Bonchev–Trinajstić information content (AvgIpc) is 2.44. The first-order valence-corrected chi connectivity index (χ1v) is 8.64. The van der Waals surface area contributed by atoms with Gasteiger partial charge < -0.3 is 15.4 Å². The minimum atomic E-state index is -4.46. The SMILES string of the molecule is CC(C)(C)OC(=O)NCCSCC(=O)Nc1cccc(C(F)(F)F)c1. The predicted molar refractivity (Wildman–Crippen MR) is 91.6 cm³/mol. The molecule has 0 aliphatic carbocycles. The van der Waals surface area contributed by atoms with Crippen LogP contribution in [-0.2, 0) is 15.7 Å². The smallest absolute Gasteiger partial charge is 0.416 e. The van der Waals surface area contributed by atoms with Crippen LogP contribution in [0, 0.1) is 0 Å². The molecule has 2 N–H and O–H groups in total. The quantitative estimate of drug-likeness (QED) is 0.737. The number of carbonyl (C=O) groups excluding carboxylic acids is 2. The van der Waals surface area contributed by atoms with Crippen molar-refractivity contribution in [2.45, 2.75) is 32.5 Å². The standard InChI is InChI=1S/C16H21F3N2O3S/c1-15(2,3)24-14(23)20-7-8-25-10-13(22)21-12-6-4-5-11(9-12)16(17,18)19/h4-6,9H,7-8,10H2,1-3H3,(H,20,23)(H,21,22). The molecule has 140 valence electrons. The molecule has 0 unspecified atom stereocenters. The number of benzene rings is 1. The molecule has 9 heteroatoms. The lowest BCUT2D eigenvalue weighted by molar-refractivity contribution is -0.137. The van der Waals surface area contributed by atoms with Crippen LogP contribution < -0.4 is 10.6 Å². The summed E-state index contributed by atoms with van der Waals surface area (Å²) in [6, 6.07) is 4.44. The Hall–Kier alpha value is -1.90. The first-order valence-electron chi connectivity index (χ1n) is 7.49. The van der Waals surface area contributed by atoms with E-state index in [-0.39, 0.29) is 11.4 Å². The van der Waals surface area contributed by atoms with Gasteiger partial charge in [-0.3, -0.25) is 4.79 Å². The number of carbonyl (C=O) groups is 2. The van der Waals surface area contributed by atoms with Crippen molar-refractivity contribution < 1.29 is 27.5 Å². The minimum Gasteiger partial charge on any atom is -0.444 e. The second-order valence-electron chi connectivity index (χ2n) is 6.11. The molecule has 0 atom stereocenters. The lowest BCUT2D eigenvalue weighted by Gasteiger charge is -2.19. The summed E-state index contributed by atoms with van der Waals surface area (Å²) < 4.78 is 42.9. The number of anilines is 1. The number of halogens is 3. The maximum Gasteiger partial charge on any atom is 0.416 e. The highest BCUT2D eigenvalue weighted by Crippen LogP contribution is 2.30. The number of nitrogens with one attached hydrogen (secondary N) is 2. The normalized spacial score (nSPS) is 11.8. The van der Waals surface area contributed by atoms with Gasteiger partial charge in [0.2, 0.25) is 5.91 Å². The van der Waals surface area contributed by atoms with Crippen molar-refractivity contribution >= 4 is 29.4 Å². The van der Waals surface area contributed by atoms with Crippen LogP contribution in [0.4, 0.5) is 23.7 Å². The Labute approximate surface area is 148 Å². The van der Waals surface area contributed by atoms with E-state index in [2.05, 4.69) is 10.6 Å². The third-order valence-corrected chi connectivity index (χ3v) is 3.58. The molecule has 0 aliphatic heterocycles. The van der Waals surface area contributed by atoms with Crippen LogP contribution in [0.2, 0.25) is 0 Å². The van der Waals surface area contributed by atoms with Gasteiger partial charge in [-0.15, -0.1) is 0 Å². The number of hydrogen-bond acceptors (Lipinski definition) is 4. The maximum atomic E-state index is 12.6. The van der Waals surface area contributed by atoms with Crippen LogP contribution in [-0.4, -0.2) is 35.7 Å². The highest BCUT2D eigenvalue weighted by Gasteiger charge is 2.30. The van der Waals surface area contributed by atoms with Crippen LogP contribution in [0.15, 0.2) is 24.3 Å². The van der Waals surface area contributed by atoms with E-state index in [9.17, 15) is 22.8 Å². The summed E-state index contributed by atoms with van der Waals surface area (Å²) in [5.41, 5.74) is -1.31. The van der Waals surface area contributed by atoms with Gasteiger partial charge in [0.15, 0.2) is 0 Å². The summed E-state index contributed by atoms with van der Waals surface area (Å²) in [5.74, 6) is 0.114. The van der Waals surface area contributed by atoms with E-state index in [1.807, 2.05) is 0 Å². The number of rotatable bonds is 6. The van der Waals surface area contributed by atoms with Crippen LogP contribution in [0.1, 0.15) is 26.3 Å². The van der Waals surface area contributed by atoms with Gasteiger partial charge in [0.25, 0.3) is 0 Å². The lowest BCUT2D eigenvalue weighted by Crippen LogP contribution is -2.33. The minimum absolute atomic E-state index is 0.0617. The average molecular weight is 378 g/mol. The Balaban J connectivity index is 2.29. The Morgan fingerprint density at radius 3 is 2.48 bits per heavy atom. The number of alkyl carbamates (subject to hydrolysis) is 1. The molecule has 0 spiro atoms. The van der Waals surface area contributed by atoms with E-state index in [1.165, 1.54) is 23.9 Å². The van der Waals surface area contributed by atoms with Crippen LogP contribution in [0.25, 0.3) is 0 Å². The van der Waals surface area contributed by atoms with Gasteiger partial charge in [0.05, 0.1) is 11.3 Å². The second kappa shape index (κ2) is 8.98. The van der Waals surface area contributed by atoms with E-state index in [4.69, 9.17) is 4.74 Å². The Bertz CT molecular complexity index is 601. The first-order chi connectivity index (χ1) is 11.5. The van der Waals surface area contributed by atoms with Gasteiger partial charge in [-0.2, -0.15) is 24.9 Å². The topological polar surface area (TPSA) is 67.4 Å². The van der Waals surface area contributed by atoms with Crippen molar-refractivity contribution in [3.8, 4) is 0 Å². The molecule has 0 saturated heterocycles. The molecule has 1 rings (SSSR count). The molecule has 1 aromatic carbocycles. The van der Waals surface area contributed by atoms with Crippen LogP contribution in [0.5, 0.6) is 0 Å². The molecule has 25 heavy (non-hydrogen) atoms. The van der Waals surface area contributed by atoms with E-state index >= 15 is 0 Å². The molecule has 0 fully saturated rings. The fourth-order valence-corrected chi connectivity index (χ4v) is 2.32. The lowest BCUT2D eigenvalue weighted by atomic mass is 10.2. The van der Waals surface area contributed by atoms with Crippen LogP contribution in [0.3, 0.4) is 0 Å². The molecular formula is C16H21F3N2O3S. The Kier molecular flexibility index (Phi) is 7.60. The van der Waals surface area contributed by atoms with Gasteiger partial charge in [0, 0.05) is 18.0 Å². The third kappa shape index (κ3) is 9.23. The Morgan fingerprint density at radius 2 is 1.88 bits per heavy atom. The summed E-state index contributed by atoms with van der Waals surface area (Å²) in [4.78, 5) is 23.1. The Morgan fingerprint density at radius 1 is 1.20 bits per heavy atom. The van der Waals surface area contributed by atoms with Gasteiger partial charge in [-0.05, 0) is 39.0 Å². The highest BCUT2D eigenvalue weighted by atomic mass is 32.2. The van der Waals surface area contributed by atoms with Crippen molar-refractivity contribution in [1.82, 2.24) is 5.32 Å². The van der Waals surface area contributed by atoms with Crippen molar-refractivity contribution in [3.63, 3.8) is 0 Å². The zero-order valence-corrected chi connectivity index (χ0v) is 15.0. The van der Waals surface area contributed by atoms with Crippen molar-refractivity contribution in [3.05, 3.63) is 29.8 Å². The molecule has 5 nitrogen and oxygen atoms in total. The summed E-state index contributed by atoms with van der Waals surface area (Å²) in [5, 5.41) is 4.96. The van der Waals surface area contributed by atoms with Crippen LogP contribution >= 0.6 is 11.8 Å². The monoisotopic (exact) mass is 378 g/mol. The highest BCUT2D eigenvalue weighted by molar-refractivity contribution is 7.99. The zero-order valence-electron chi connectivity index (χ0n) is 14.2. The van der Waals surface area contributed by atoms with E-state index < -0.39 is 29.3 Å². The van der Waals surface area contributed by atoms with Crippen molar-refractivity contribution in [2.24, 2.45) is 0 Å². The molecular weight excluding hydrogens is 357 g/mol.